The lowest BCUT2D eigenvalue weighted by molar-refractivity contribution is 0.0745. The Kier molecular flexibility index (Phi) is 4.64. The molecular weight excluding hydrogens is 304 g/mol. The molecule has 0 radical (unpaired) electrons. The number of aromatic nitrogens is 2. The minimum absolute atomic E-state index is 0.0758. The normalized spacial score (nSPS) is 14.6. The average molecular weight is 326 g/mol. The van der Waals surface area contributed by atoms with Crippen molar-refractivity contribution in [2.24, 2.45) is 0 Å². The number of carbonyl (C=O) groups is 1. The summed E-state index contributed by atoms with van der Waals surface area (Å²) in [6.45, 7) is 6.72. The van der Waals surface area contributed by atoms with Gasteiger partial charge >= 0.3 is 0 Å². The van der Waals surface area contributed by atoms with Crippen LogP contribution in [-0.4, -0.2) is 54.1 Å². The Bertz CT molecular complexity index is 725. The van der Waals surface area contributed by atoms with Crippen molar-refractivity contribution in [3.63, 3.8) is 0 Å². The summed E-state index contributed by atoms with van der Waals surface area (Å²) >= 11 is 0. The molecule has 1 aliphatic heterocycles. The third-order valence-corrected chi connectivity index (χ3v) is 4.37. The van der Waals surface area contributed by atoms with Gasteiger partial charge in [-0.1, -0.05) is 0 Å². The van der Waals surface area contributed by atoms with E-state index in [-0.39, 0.29) is 5.91 Å². The predicted octanol–water partition coefficient (Wildman–Crippen LogP) is 2.06. The van der Waals surface area contributed by atoms with Crippen molar-refractivity contribution >= 4 is 11.9 Å². The summed E-state index contributed by atoms with van der Waals surface area (Å²) in [5.74, 6) is 1.61. The van der Waals surface area contributed by atoms with Gasteiger partial charge in [-0.05, 0) is 43.2 Å². The smallest absolute Gasteiger partial charge is 0.254 e. The second-order valence-electron chi connectivity index (χ2n) is 5.96. The van der Waals surface area contributed by atoms with Crippen LogP contribution in [-0.2, 0) is 0 Å². The molecule has 2 heterocycles. The van der Waals surface area contributed by atoms with Crippen LogP contribution >= 0.6 is 0 Å². The Balaban J connectivity index is 1.71. The Labute approximate surface area is 142 Å². The lowest BCUT2D eigenvalue weighted by atomic mass is 10.0. The van der Waals surface area contributed by atoms with Gasteiger partial charge in [-0.3, -0.25) is 4.79 Å². The number of aryl methyl sites for hydroxylation is 2. The number of hydrogen-bond acceptors (Lipinski definition) is 5. The van der Waals surface area contributed by atoms with Gasteiger partial charge in [0, 0.05) is 44.1 Å². The van der Waals surface area contributed by atoms with E-state index >= 15 is 0 Å². The molecule has 0 aliphatic carbocycles. The molecule has 6 heteroatoms. The van der Waals surface area contributed by atoms with E-state index in [0.717, 1.165) is 41.5 Å². The van der Waals surface area contributed by atoms with E-state index in [0.29, 0.717) is 13.1 Å². The van der Waals surface area contributed by atoms with Crippen molar-refractivity contribution in [3.8, 4) is 5.75 Å². The summed E-state index contributed by atoms with van der Waals surface area (Å²) < 4.78 is 5.32. The van der Waals surface area contributed by atoms with Crippen LogP contribution < -0.4 is 9.64 Å². The summed E-state index contributed by atoms with van der Waals surface area (Å²) in [5.41, 5.74) is 2.66. The molecule has 0 N–H and O–H groups in total. The largest absolute Gasteiger partial charge is 0.496 e. The third kappa shape index (κ3) is 3.18. The van der Waals surface area contributed by atoms with Crippen LogP contribution in [0.3, 0.4) is 0 Å². The van der Waals surface area contributed by atoms with Gasteiger partial charge in [0.1, 0.15) is 5.75 Å². The SMILES string of the molecule is COc1cc(C)c(C(=O)N2CCN(c3ncccn3)CC2)cc1C. The number of methoxy groups -OCH3 is 1. The first-order chi connectivity index (χ1) is 11.6. The highest BCUT2D eigenvalue weighted by atomic mass is 16.5. The standard InChI is InChI=1S/C18H22N4O2/c1-13-12-16(24-3)14(2)11-15(13)17(23)21-7-9-22(10-8-21)18-19-5-4-6-20-18/h4-6,11-12H,7-10H2,1-3H3. The summed E-state index contributed by atoms with van der Waals surface area (Å²) in [4.78, 5) is 25.4. The molecule has 3 rings (SSSR count). The number of anilines is 1. The van der Waals surface area contributed by atoms with E-state index in [1.54, 1.807) is 25.6 Å². The molecule has 6 nitrogen and oxygen atoms in total. The first kappa shape index (κ1) is 16.2. The van der Waals surface area contributed by atoms with Gasteiger partial charge in [-0.25, -0.2) is 9.97 Å². The molecule has 126 valence electrons. The van der Waals surface area contributed by atoms with Crippen LogP contribution in [0.4, 0.5) is 5.95 Å². The van der Waals surface area contributed by atoms with E-state index < -0.39 is 0 Å². The summed E-state index contributed by atoms with van der Waals surface area (Å²) in [7, 11) is 1.65. The van der Waals surface area contributed by atoms with Crippen molar-refractivity contribution in [1.82, 2.24) is 14.9 Å². The highest BCUT2D eigenvalue weighted by Crippen LogP contribution is 2.24. The molecule has 0 unspecified atom stereocenters. The molecule has 1 fully saturated rings. The molecular formula is C18H22N4O2. The van der Waals surface area contributed by atoms with Crippen LogP contribution in [0.2, 0.25) is 0 Å². The lowest BCUT2D eigenvalue weighted by Crippen LogP contribution is -2.49. The molecule has 0 atom stereocenters. The monoisotopic (exact) mass is 326 g/mol. The van der Waals surface area contributed by atoms with E-state index in [2.05, 4.69) is 14.9 Å². The zero-order chi connectivity index (χ0) is 17.1. The number of piperazine rings is 1. The molecule has 1 amide bonds. The zero-order valence-corrected chi connectivity index (χ0v) is 14.3. The Morgan fingerprint density at radius 1 is 1.04 bits per heavy atom. The zero-order valence-electron chi connectivity index (χ0n) is 14.3. The summed E-state index contributed by atoms with van der Waals surface area (Å²) in [5, 5.41) is 0. The number of carbonyl (C=O) groups excluding carboxylic acids is 1. The lowest BCUT2D eigenvalue weighted by Gasteiger charge is -2.35. The number of nitrogens with zero attached hydrogens (tertiary/aromatic N) is 4. The van der Waals surface area contributed by atoms with Crippen molar-refractivity contribution in [3.05, 3.63) is 47.3 Å². The van der Waals surface area contributed by atoms with Gasteiger partial charge in [-0.2, -0.15) is 0 Å². The van der Waals surface area contributed by atoms with Crippen LogP contribution in [0.25, 0.3) is 0 Å². The number of benzene rings is 1. The van der Waals surface area contributed by atoms with Crippen LogP contribution in [0.1, 0.15) is 21.5 Å². The fraction of sp³-hybridized carbons (Fsp3) is 0.389. The number of ether oxygens (including phenoxy) is 1. The van der Waals surface area contributed by atoms with Gasteiger partial charge in [-0.15, -0.1) is 0 Å². The van der Waals surface area contributed by atoms with Gasteiger partial charge in [0.05, 0.1) is 7.11 Å². The highest BCUT2D eigenvalue weighted by molar-refractivity contribution is 5.96. The fourth-order valence-electron chi connectivity index (χ4n) is 2.97. The van der Waals surface area contributed by atoms with Gasteiger partial charge < -0.3 is 14.5 Å². The van der Waals surface area contributed by atoms with Gasteiger partial charge in [0.2, 0.25) is 5.95 Å². The molecule has 1 aromatic carbocycles. The second kappa shape index (κ2) is 6.86. The number of amides is 1. The summed E-state index contributed by atoms with van der Waals surface area (Å²) in [6.07, 6.45) is 3.48. The van der Waals surface area contributed by atoms with Crippen LogP contribution in [0.15, 0.2) is 30.6 Å². The van der Waals surface area contributed by atoms with E-state index in [4.69, 9.17) is 4.74 Å². The fourth-order valence-corrected chi connectivity index (χ4v) is 2.97. The molecule has 1 aliphatic rings. The average Bonchev–Trinajstić information content (AvgIpc) is 2.63. The quantitative estimate of drug-likeness (QED) is 0.864. The molecule has 1 saturated heterocycles. The minimum atomic E-state index is 0.0758. The Hall–Kier alpha value is -2.63. The topological polar surface area (TPSA) is 58.6 Å². The maximum Gasteiger partial charge on any atom is 0.254 e. The van der Waals surface area contributed by atoms with Crippen molar-refractivity contribution in [2.75, 3.05) is 38.2 Å². The van der Waals surface area contributed by atoms with E-state index in [1.807, 2.05) is 30.9 Å². The molecule has 0 saturated carbocycles. The van der Waals surface area contributed by atoms with Crippen molar-refractivity contribution < 1.29 is 9.53 Å². The first-order valence-corrected chi connectivity index (χ1v) is 8.06. The van der Waals surface area contributed by atoms with Gasteiger partial charge in [0.15, 0.2) is 0 Å². The van der Waals surface area contributed by atoms with Crippen LogP contribution in [0, 0.1) is 13.8 Å². The van der Waals surface area contributed by atoms with Gasteiger partial charge in [0.25, 0.3) is 5.91 Å². The van der Waals surface area contributed by atoms with E-state index in [9.17, 15) is 4.79 Å². The predicted molar refractivity (Wildman–Crippen MR) is 92.6 cm³/mol. The van der Waals surface area contributed by atoms with Crippen LogP contribution in [0.5, 0.6) is 5.75 Å². The maximum absolute atomic E-state index is 12.9. The maximum atomic E-state index is 12.9. The minimum Gasteiger partial charge on any atom is -0.496 e. The molecule has 0 spiro atoms. The Morgan fingerprint density at radius 2 is 1.71 bits per heavy atom. The highest BCUT2D eigenvalue weighted by Gasteiger charge is 2.24. The summed E-state index contributed by atoms with van der Waals surface area (Å²) in [6, 6.07) is 5.65. The molecule has 24 heavy (non-hydrogen) atoms. The second-order valence-corrected chi connectivity index (χ2v) is 5.96. The first-order valence-electron chi connectivity index (χ1n) is 8.06. The van der Waals surface area contributed by atoms with Crippen molar-refractivity contribution in [2.45, 2.75) is 13.8 Å². The Morgan fingerprint density at radius 3 is 2.33 bits per heavy atom. The molecule has 0 bridgehead atoms. The van der Waals surface area contributed by atoms with Crippen molar-refractivity contribution in [1.29, 1.82) is 0 Å². The van der Waals surface area contributed by atoms with E-state index in [1.165, 1.54) is 0 Å². The number of hydrogen-bond donors (Lipinski definition) is 0. The third-order valence-electron chi connectivity index (χ3n) is 4.37. The molecule has 2 aromatic rings. The number of rotatable bonds is 3. The molecule has 1 aromatic heterocycles.